The molecule has 1 unspecified atom stereocenters. The van der Waals surface area contributed by atoms with Crippen molar-refractivity contribution in [2.24, 2.45) is 7.05 Å². The van der Waals surface area contributed by atoms with Crippen molar-refractivity contribution >= 4 is 5.91 Å². The molecule has 0 saturated carbocycles. The molecule has 0 radical (unpaired) electrons. The topological polar surface area (TPSA) is 58.3 Å². The van der Waals surface area contributed by atoms with Gasteiger partial charge in [0.2, 0.25) is 0 Å². The number of carbonyl (C=O) groups is 1. The minimum atomic E-state index is -0.105. The Morgan fingerprint density at radius 2 is 2.23 bits per heavy atom. The molecule has 1 amide bonds. The van der Waals surface area contributed by atoms with Crippen molar-refractivity contribution in [1.82, 2.24) is 9.47 Å². The monoisotopic (exact) mass is 295 g/mol. The quantitative estimate of drug-likeness (QED) is 0.852. The van der Waals surface area contributed by atoms with E-state index in [1.54, 1.807) is 24.3 Å². The molecule has 22 heavy (non-hydrogen) atoms. The largest absolute Gasteiger partial charge is 0.377 e. The van der Waals surface area contributed by atoms with Crippen molar-refractivity contribution in [3.8, 4) is 6.07 Å². The first-order valence-corrected chi connectivity index (χ1v) is 7.21. The average Bonchev–Trinajstić information content (AvgIpc) is 3.00. The Morgan fingerprint density at radius 3 is 2.95 bits per heavy atom. The molecule has 3 rings (SSSR count). The highest BCUT2D eigenvalue weighted by atomic mass is 16.5. The van der Waals surface area contributed by atoms with E-state index in [0.29, 0.717) is 30.9 Å². The lowest BCUT2D eigenvalue weighted by molar-refractivity contribution is -0.00463. The molecule has 1 atom stereocenters. The molecule has 112 valence electrons. The summed E-state index contributed by atoms with van der Waals surface area (Å²) < 4.78 is 7.57. The maximum atomic E-state index is 12.8. The predicted octanol–water partition coefficient (Wildman–Crippen LogP) is 2.11. The Hall–Kier alpha value is -2.58. The molecule has 1 aliphatic rings. The minimum absolute atomic E-state index is 0.0633. The van der Waals surface area contributed by atoms with E-state index >= 15 is 0 Å². The molecule has 0 bridgehead atoms. The third kappa shape index (κ3) is 2.61. The molecule has 5 nitrogen and oxygen atoms in total. The van der Waals surface area contributed by atoms with E-state index in [1.165, 1.54) is 0 Å². The molecular formula is C17H17N3O2. The Balaban J connectivity index is 1.92. The number of morpholine rings is 1. The number of carbonyl (C=O) groups excluding carboxylic acids is 1. The number of nitrogens with zero attached hydrogens (tertiary/aromatic N) is 3. The number of hydrogen-bond donors (Lipinski definition) is 0. The molecule has 0 spiro atoms. The van der Waals surface area contributed by atoms with Crippen molar-refractivity contribution in [2.75, 3.05) is 19.8 Å². The lowest BCUT2D eigenvalue weighted by atomic mass is 10.1. The molecule has 1 aliphatic heterocycles. The number of hydrogen-bond acceptors (Lipinski definition) is 3. The number of benzene rings is 1. The molecule has 1 aromatic carbocycles. The summed E-state index contributed by atoms with van der Waals surface area (Å²) in [5.41, 5.74) is 2.08. The summed E-state index contributed by atoms with van der Waals surface area (Å²) in [4.78, 5) is 14.7. The van der Waals surface area contributed by atoms with Crippen LogP contribution < -0.4 is 0 Å². The van der Waals surface area contributed by atoms with Crippen LogP contribution in [0.2, 0.25) is 0 Å². The molecule has 2 heterocycles. The van der Waals surface area contributed by atoms with E-state index < -0.39 is 0 Å². The van der Waals surface area contributed by atoms with Gasteiger partial charge in [-0.2, -0.15) is 5.26 Å². The fourth-order valence-electron chi connectivity index (χ4n) is 2.80. The normalized spacial score (nSPS) is 18.0. The maximum Gasteiger partial charge on any atom is 0.254 e. The van der Waals surface area contributed by atoms with Crippen LogP contribution in [0.3, 0.4) is 0 Å². The van der Waals surface area contributed by atoms with Crippen LogP contribution in [0.5, 0.6) is 0 Å². The zero-order valence-electron chi connectivity index (χ0n) is 12.4. The zero-order chi connectivity index (χ0) is 15.5. The number of aryl methyl sites for hydroxylation is 1. The number of rotatable bonds is 2. The number of amides is 1. The molecule has 1 aromatic heterocycles. The predicted molar refractivity (Wildman–Crippen MR) is 81.2 cm³/mol. The highest BCUT2D eigenvalue weighted by molar-refractivity contribution is 5.95. The molecular weight excluding hydrogens is 278 g/mol. The molecule has 0 N–H and O–H groups in total. The van der Waals surface area contributed by atoms with Crippen molar-refractivity contribution < 1.29 is 9.53 Å². The summed E-state index contributed by atoms with van der Waals surface area (Å²) in [6.45, 7) is 1.57. The standard InChI is InChI=1S/C17H17N3O2/c1-19-7-3-6-15(19)16-12-22-9-8-20(16)17(21)14-5-2-4-13(10-14)11-18/h2-7,10,16H,8-9,12H2,1H3. The first-order valence-electron chi connectivity index (χ1n) is 7.21. The van der Waals surface area contributed by atoms with Gasteiger partial charge < -0.3 is 14.2 Å². The summed E-state index contributed by atoms with van der Waals surface area (Å²) in [5.74, 6) is -0.0633. The first-order chi connectivity index (χ1) is 10.7. The minimum Gasteiger partial charge on any atom is -0.377 e. The van der Waals surface area contributed by atoms with Gasteiger partial charge in [-0.1, -0.05) is 6.07 Å². The second kappa shape index (κ2) is 6.04. The summed E-state index contributed by atoms with van der Waals surface area (Å²) >= 11 is 0. The second-order valence-electron chi connectivity index (χ2n) is 5.33. The lowest BCUT2D eigenvalue weighted by Crippen LogP contribution is -2.44. The molecule has 0 aliphatic carbocycles. The molecule has 5 heteroatoms. The van der Waals surface area contributed by atoms with E-state index in [0.717, 1.165) is 5.69 Å². The third-order valence-corrected chi connectivity index (χ3v) is 3.95. The second-order valence-corrected chi connectivity index (χ2v) is 5.33. The van der Waals surface area contributed by atoms with E-state index in [1.807, 2.05) is 34.8 Å². The van der Waals surface area contributed by atoms with Gasteiger partial charge in [0.25, 0.3) is 5.91 Å². The third-order valence-electron chi connectivity index (χ3n) is 3.95. The van der Waals surface area contributed by atoms with Crippen molar-refractivity contribution in [3.05, 3.63) is 59.4 Å². The van der Waals surface area contributed by atoms with Gasteiger partial charge in [-0.3, -0.25) is 4.79 Å². The highest BCUT2D eigenvalue weighted by Gasteiger charge is 2.30. The van der Waals surface area contributed by atoms with E-state index in [2.05, 4.69) is 6.07 Å². The maximum absolute atomic E-state index is 12.8. The smallest absolute Gasteiger partial charge is 0.254 e. The van der Waals surface area contributed by atoms with Gasteiger partial charge in [-0.05, 0) is 30.3 Å². The van der Waals surface area contributed by atoms with Gasteiger partial charge in [0.15, 0.2) is 0 Å². The van der Waals surface area contributed by atoms with Crippen LogP contribution in [0.1, 0.15) is 27.7 Å². The van der Waals surface area contributed by atoms with Crippen LogP contribution in [-0.4, -0.2) is 35.1 Å². The fourth-order valence-corrected chi connectivity index (χ4v) is 2.80. The van der Waals surface area contributed by atoms with Crippen LogP contribution in [0.15, 0.2) is 42.6 Å². The Labute approximate surface area is 129 Å². The zero-order valence-corrected chi connectivity index (χ0v) is 12.4. The van der Waals surface area contributed by atoms with Crippen LogP contribution in [0, 0.1) is 11.3 Å². The van der Waals surface area contributed by atoms with Crippen molar-refractivity contribution in [2.45, 2.75) is 6.04 Å². The van der Waals surface area contributed by atoms with Gasteiger partial charge >= 0.3 is 0 Å². The first kappa shape index (κ1) is 14.4. The highest BCUT2D eigenvalue weighted by Crippen LogP contribution is 2.26. The van der Waals surface area contributed by atoms with Crippen molar-refractivity contribution in [3.63, 3.8) is 0 Å². The SMILES string of the molecule is Cn1cccc1C1COCCN1C(=O)c1cccc(C#N)c1. The van der Waals surface area contributed by atoms with Gasteiger partial charge in [0.05, 0.1) is 30.9 Å². The summed E-state index contributed by atoms with van der Waals surface area (Å²) in [6, 6.07) is 12.8. The lowest BCUT2D eigenvalue weighted by Gasteiger charge is -2.36. The number of nitriles is 1. The Kier molecular flexibility index (Phi) is 3.94. The number of aromatic nitrogens is 1. The summed E-state index contributed by atoms with van der Waals surface area (Å²) in [5, 5.41) is 8.99. The Bertz CT molecular complexity index is 730. The Morgan fingerprint density at radius 1 is 1.36 bits per heavy atom. The number of ether oxygens (including phenoxy) is 1. The molecule has 1 saturated heterocycles. The van der Waals surface area contributed by atoms with Crippen LogP contribution in [0.25, 0.3) is 0 Å². The summed E-state index contributed by atoms with van der Waals surface area (Å²) in [7, 11) is 1.96. The van der Waals surface area contributed by atoms with Crippen molar-refractivity contribution in [1.29, 1.82) is 5.26 Å². The fraction of sp³-hybridized carbons (Fsp3) is 0.294. The van der Waals surface area contributed by atoms with Crippen LogP contribution in [-0.2, 0) is 11.8 Å². The van der Waals surface area contributed by atoms with Gasteiger partial charge in [-0.25, -0.2) is 0 Å². The van der Waals surface area contributed by atoms with Gasteiger partial charge in [0.1, 0.15) is 0 Å². The van der Waals surface area contributed by atoms with E-state index in [-0.39, 0.29) is 11.9 Å². The van der Waals surface area contributed by atoms with Crippen LogP contribution in [0.4, 0.5) is 0 Å². The van der Waals surface area contributed by atoms with Gasteiger partial charge in [0, 0.05) is 31.0 Å². The van der Waals surface area contributed by atoms with E-state index in [9.17, 15) is 4.79 Å². The molecule has 2 aromatic rings. The average molecular weight is 295 g/mol. The van der Waals surface area contributed by atoms with E-state index in [4.69, 9.17) is 10.00 Å². The van der Waals surface area contributed by atoms with Gasteiger partial charge in [-0.15, -0.1) is 0 Å². The van der Waals surface area contributed by atoms with Crippen LogP contribution >= 0.6 is 0 Å². The summed E-state index contributed by atoms with van der Waals surface area (Å²) in [6.07, 6.45) is 1.96. The molecule has 1 fully saturated rings.